The summed E-state index contributed by atoms with van der Waals surface area (Å²) in [6.07, 6.45) is 0.476. The minimum absolute atomic E-state index is 0.374. The number of benzene rings is 1. The largest absolute Gasteiger partial charge is 0.284 e. The molecule has 1 aromatic heterocycles. The highest BCUT2D eigenvalue weighted by Gasteiger charge is 2.12. The van der Waals surface area contributed by atoms with Gasteiger partial charge in [0.1, 0.15) is 6.07 Å². The zero-order chi connectivity index (χ0) is 14.5. The van der Waals surface area contributed by atoms with Gasteiger partial charge in [-0.15, -0.1) is 0 Å². The monoisotopic (exact) mass is 287 g/mol. The summed E-state index contributed by atoms with van der Waals surface area (Å²) in [4.78, 5) is 2.10. The quantitative estimate of drug-likeness (QED) is 0.848. The van der Waals surface area contributed by atoms with Gasteiger partial charge in [-0.25, -0.2) is 4.68 Å². The van der Waals surface area contributed by atoms with Gasteiger partial charge in [0, 0.05) is 23.4 Å². The lowest BCUT2D eigenvalue weighted by atomic mass is 10.2. The van der Waals surface area contributed by atoms with Crippen molar-refractivity contribution in [1.29, 1.82) is 10.5 Å². The normalized spacial score (nSPS) is 10.7. The molecule has 1 aromatic carbocycles. The summed E-state index contributed by atoms with van der Waals surface area (Å²) in [6.45, 7) is 4.09. The molecule has 0 N–H and O–H groups in total. The van der Waals surface area contributed by atoms with E-state index in [1.165, 1.54) is 0 Å². The summed E-state index contributed by atoms with van der Waals surface area (Å²) in [5.41, 5.74) is 1.25. The molecule has 0 amide bonds. The van der Waals surface area contributed by atoms with E-state index >= 15 is 0 Å². The summed E-state index contributed by atoms with van der Waals surface area (Å²) < 4.78 is 1.78. The number of hydrogen-bond acceptors (Lipinski definition) is 4. The van der Waals surface area contributed by atoms with Gasteiger partial charge in [-0.05, 0) is 24.7 Å². The van der Waals surface area contributed by atoms with Crippen molar-refractivity contribution >= 4 is 22.5 Å². The van der Waals surface area contributed by atoms with Crippen molar-refractivity contribution in [3.05, 3.63) is 28.9 Å². The molecule has 0 spiro atoms. The first kappa shape index (κ1) is 14.3. The summed E-state index contributed by atoms with van der Waals surface area (Å²) >= 11 is 5.97. The maximum atomic E-state index is 9.15. The molecule has 0 unspecified atom stereocenters. The third-order valence-corrected chi connectivity index (χ3v) is 3.37. The topological polar surface area (TPSA) is 68.6 Å². The van der Waals surface area contributed by atoms with Gasteiger partial charge in [-0.1, -0.05) is 18.5 Å². The number of nitrogens with zero attached hydrogens (tertiary/aromatic N) is 5. The molecule has 2 rings (SSSR count). The molecule has 102 valence electrons. The molecule has 20 heavy (non-hydrogen) atoms. The molecule has 5 nitrogen and oxygen atoms in total. The lowest BCUT2D eigenvalue weighted by molar-refractivity contribution is 0.226. The Morgan fingerprint density at radius 3 is 2.85 bits per heavy atom. The second kappa shape index (κ2) is 6.38. The molecule has 0 fully saturated rings. The Morgan fingerprint density at radius 2 is 2.20 bits per heavy atom. The van der Waals surface area contributed by atoms with Gasteiger partial charge in [0.05, 0.1) is 18.3 Å². The van der Waals surface area contributed by atoms with E-state index in [-0.39, 0.29) is 0 Å². The zero-order valence-electron chi connectivity index (χ0n) is 11.2. The van der Waals surface area contributed by atoms with E-state index < -0.39 is 0 Å². The van der Waals surface area contributed by atoms with Crippen molar-refractivity contribution in [3.63, 3.8) is 0 Å². The Kier molecular flexibility index (Phi) is 4.57. The number of halogens is 1. The minimum Gasteiger partial charge on any atom is -0.284 e. The SMILES string of the molecule is CCN(CCC#N)Cn1nc(C#N)c2cc(Cl)ccc21. The van der Waals surface area contributed by atoms with E-state index in [2.05, 4.69) is 22.1 Å². The van der Waals surface area contributed by atoms with Gasteiger partial charge in [0.2, 0.25) is 0 Å². The van der Waals surface area contributed by atoms with Crippen LogP contribution in [0.1, 0.15) is 19.0 Å². The van der Waals surface area contributed by atoms with Crippen LogP contribution in [0.2, 0.25) is 5.02 Å². The summed E-state index contributed by atoms with van der Waals surface area (Å²) in [5.74, 6) is 0. The molecule has 2 aromatic rings. The van der Waals surface area contributed by atoms with Gasteiger partial charge >= 0.3 is 0 Å². The first-order valence-electron chi connectivity index (χ1n) is 6.35. The summed E-state index contributed by atoms with van der Waals surface area (Å²) in [5, 5.41) is 23.5. The van der Waals surface area contributed by atoms with Gasteiger partial charge in [-0.3, -0.25) is 4.90 Å². The van der Waals surface area contributed by atoms with Crippen molar-refractivity contribution in [2.24, 2.45) is 0 Å². The van der Waals surface area contributed by atoms with Crippen molar-refractivity contribution in [1.82, 2.24) is 14.7 Å². The van der Waals surface area contributed by atoms with Crippen LogP contribution in [0.5, 0.6) is 0 Å². The Labute approximate surface area is 122 Å². The zero-order valence-corrected chi connectivity index (χ0v) is 11.9. The molecule has 0 bridgehead atoms. The maximum Gasteiger partial charge on any atom is 0.170 e. The van der Waals surface area contributed by atoms with Crippen LogP contribution in [0.25, 0.3) is 10.9 Å². The van der Waals surface area contributed by atoms with Crippen molar-refractivity contribution < 1.29 is 0 Å². The Balaban J connectivity index is 2.35. The van der Waals surface area contributed by atoms with Crippen LogP contribution in [0, 0.1) is 22.7 Å². The van der Waals surface area contributed by atoms with Crippen molar-refractivity contribution in [2.45, 2.75) is 20.0 Å². The highest BCUT2D eigenvalue weighted by Crippen LogP contribution is 2.22. The first-order chi connectivity index (χ1) is 9.69. The number of fused-ring (bicyclic) bond motifs is 1. The van der Waals surface area contributed by atoms with Crippen molar-refractivity contribution in [3.8, 4) is 12.1 Å². The molecule has 6 heteroatoms. The van der Waals surface area contributed by atoms with E-state index in [1.54, 1.807) is 16.8 Å². The second-order valence-electron chi connectivity index (χ2n) is 4.38. The fourth-order valence-electron chi connectivity index (χ4n) is 2.07. The van der Waals surface area contributed by atoms with Crippen LogP contribution >= 0.6 is 11.6 Å². The van der Waals surface area contributed by atoms with Crippen LogP contribution in [-0.2, 0) is 6.67 Å². The third-order valence-electron chi connectivity index (χ3n) is 3.14. The smallest absolute Gasteiger partial charge is 0.170 e. The molecule has 0 radical (unpaired) electrons. The van der Waals surface area contributed by atoms with E-state index in [4.69, 9.17) is 22.1 Å². The number of aromatic nitrogens is 2. The highest BCUT2D eigenvalue weighted by molar-refractivity contribution is 6.31. The second-order valence-corrected chi connectivity index (χ2v) is 4.82. The van der Waals surface area contributed by atoms with Crippen LogP contribution in [0.3, 0.4) is 0 Å². The van der Waals surface area contributed by atoms with Crippen LogP contribution in [0.15, 0.2) is 18.2 Å². The van der Waals surface area contributed by atoms with E-state index in [1.807, 2.05) is 13.0 Å². The molecule has 1 heterocycles. The number of hydrogen-bond donors (Lipinski definition) is 0. The molecule has 0 aliphatic heterocycles. The Bertz CT molecular complexity index is 692. The van der Waals surface area contributed by atoms with Gasteiger partial charge < -0.3 is 0 Å². The molecule has 0 saturated heterocycles. The summed E-state index contributed by atoms with van der Waals surface area (Å²) in [6, 6.07) is 9.63. The minimum atomic E-state index is 0.374. The average molecular weight is 288 g/mol. The summed E-state index contributed by atoms with van der Waals surface area (Å²) in [7, 11) is 0. The third kappa shape index (κ3) is 2.91. The van der Waals surface area contributed by atoms with E-state index in [0.29, 0.717) is 30.4 Å². The number of rotatable bonds is 5. The lowest BCUT2D eigenvalue weighted by Gasteiger charge is -2.19. The fraction of sp³-hybridized carbons (Fsp3) is 0.357. The lowest BCUT2D eigenvalue weighted by Crippen LogP contribution is -2.27. The van der Waals surface area contributed by atoms with Crippen LogP contribution in [0.4, 0.5) is 0 Å². The van der Waals surface area contributed by atoms with E-state index in [0.717, 1.165) is 17.4 Å². The first-order valence-corrected chi connectivity index (χ1v) is 6.72. The molecule has 0 aliphatic rings. The highest BCUT2D eigenvalue weighted by atomic mass is 35.5. The van der Waals surface area contributed by atoms with Crippen LogP contribution < -0.4 is 0 Å². The molecule has 0 saturated carbocycles. The number of nitriles is 2. The Hall–Kier alpha value is -2.08. The Morgan fingerprint density at radius 1 is 1.40 bits per heavy atom. The van der Waals surface area contributed by atoms with Gasteiger partial charge in [0.25, 0.3) is 0 Å². The molecular weight excluding hydrogens is 274 g/mol. The van der Waals surface area contributed by atoms with E-state index in [9.17, 15) is 0 Å². The van der Waals surface area contributed by atoms with Crippen molar-refractivity contribution in [2.75, 3.05) is 13.1 Å². The predicted molar refractivity (Wildman–Crippen MR) is 76.9 cm³/mol. The van der Waals surface area contributed by atoms with Gasteiger partial charge in [-0.2, -0.15) is 15.6 Å². The van der Waals surface area contributed by atoms with Gasteiger partial charge in [0.15, 0.2) is 5.69 Å². The molecular formula is C14H14ClN5. The molecule has 0 atom stereocenters. The maximum absolute atomic E-state index is 9.15. The molecule has 0 aliphatic carbocycles. The predicted octanol–water partition coefficient (Wildman–Crippen LogP) is 2.75. The standard InChI is InChI=1S/C14H14ClN5/c1-2-19(7-3-6-16)10-20-14-5-4-11(15)8-12(14)13(9-17)18-20/h4-5,8H,2-3,7,10H2,1H3. The average Bonchev–Trinajstić information content (AvgIpc) is 2.80. The fourth-order valence-corrected chi connectivity index (χ4v) is 2.24. The van der Waals surface area contributed by atoms with Crippen LogP contribution in [-0.4, -0.2) is 27.8 Å².